The summed E-state index contributed by atoms with van der Waals surface area (Å²) in [5.41, 5.74) is 6.90. The van der Waals surface area contributed by atoms with E-state index < -0.39 is 0 Å². The van der Waals surface area contributed by atoms with Crippen molar-refractivity contribution in [3.05, 3.63) is 94.6 Å². The van der Waals surface area contributed by atoms with Gasteiger partial charge in [-0.3, -0.25) is 0 Å². The van der Waals surface area contributed by atoms with Gasteiger partial charge in [-0.25, -0.2) is 0 Å². The minimum Gasteiger partial charge on any atom is -0.381 e. The zero-order valence-electron chi connectivity index (χ0n) is 31.1. The summed E-state index contributed by atoms with van der Waals surface area (Å²) in [6.45, 7) is 19.1. The van der Waals surface area contributed by atoms with E-state index >= 15 is 0 Å². The molecule has 6 atom stereocenters. The molecule has 5 aliphatic rings. The van der Waals surface area contributed by atoms with E-state index in [1.807, 2.05) is 0 Å². The molecule has 2 saturated heterocycles. The molecular formula is C44H68O3. The van der Waals surface area contributed by atoms with Crippen LogP contribution in [-0.2, 0) is 14.2 Å². The Morgan fingerprint density at radius 3 is 2.15 bits per heavy atom. The third-order valence-electron chi connectivity index (χ3n) is 9.95. The summed E-state index contributed by atoms with van der Waals surface area (Å²) in [5.74, 6) is 4.03. The van der Waals surface area contributed by atoms with E-state index in [9.17, 15) is 0 Å². The van der Waals surface area contributed by atoms with E-state index in [-0.39, 0.29) is 6.29 Å². The molecule has 3 aliphatic carbocycles. The van der Waals surface area contributed by atoms with Gasteiger partial charge in [0.15, 0.2) is 6.29 Å². The van der Waals surface area contributed by atoms with Crippen molar-refractivity contribution in [3.8, 4) is 0 Å². The van der Waals surface area contributed by atoms with Gasteiger partial charge in [0, 0.05) is 18.8 Å². The Labute approximate surface area is 289 Å². The molecule has 2 heterocycles. The molecule has 1 aromatic carbocycles. The minimum atomic E-state index is -0.171. The van der Waals surface area contributed by atoms with Crippen molar-refractivity contribution in [1.29, 1.82) is 0 Å². The van der Waals surface area contributed by atoms with Gasteiger partial charge in [-0.1, -0.05) is 136 Å². The van der Waals surface area contributed by atoms with Crippen LogP contribution in [0.2, 0.25) is 0 Å². The van der Waals surface area contributed by atoms with Crippen molar-refractivity contribution < 1.29 is 14.2 Å². The van der Waals surface area contributed by atoms with Gasteiger partial charge in [-0.2, -0.15) is 0 Å². The fraction of sp³-hybridized carbons (Fsp3) is 0.636. The maximum absolute atomic E-state index is 5.72. The molecule has 2 aliphatic heterocycles. The molecule has 47 heavy (non-hydrogen) atoms. The molecule has 262 valence electrons. The minimum absolute atomic E-state index is 0.171. The Morgan fingerprint density at radius 1 is 0.660 bits per heavy atom. The highest BCUT2D eigenvalue weighted by Crippen LogP contribution is 2.34. The largest absolute Gasteiger partial charge is 0.381 e. The van der Waals surface area contributed by atoms with Crippen molar-refractivity contribution in [2.24, 2.45) is 29.6 Å². The summed E-state index contributed by atoms with van der Waals surface area (Å²) in [7, 11) is 0. The van der Waals surface area contributed by atoms with E-state index in [1.54, 1.807) is 5.57 Å². The number of benzene rings is 1. The number of ether oxygens (including phenoxy) is 3. The monoisotopic (exact) mass is 645 g/mol. The predicted molar refractivity (Wildman–Crippen MR) is 201 cm³/mol. The number of allylic oxidation sites excluding steroid dienone is 10. The van der Waals surface area contributed by atoms with Gasteiger partial charge in [0.05, 0.1) is 13.2 Å². The van der Waals surface area contributed by atoms with E-state index in [4.69, 9.17) is 14.2 Å². The summed E-state index contributed by atoms with van der Waals surface area (Å²) in [6.07, 6.45) is 30.4. The summed E-state index contributed by atoms with van der Waals surface area (Å²) < 4.78 is 16.6. The van der Waals surface area contributed by atoms with Crippen LogP contribution in [0.4, 0.5) is 0 Å². The summed E-state index contributed by atoms with van der Waals surface area (Å²) >= 11 is 0. The first-order valence-corrected chi connectivity index (χ1v) is 18.9. The number of hydrogen-bond donors (Lipinski definition) is 0. The second-order valence-corrected chi connectivity index (χ2v) is 15.1. The molecule has 0 amide bonds. The zero-order chi connectivity index (χ0) is 33.9. The highest BCUT2D eigenvalue weighted by Gasteiger charge is 2.20. The van der Waals surface area contributed by atoms with Gasteiger partial charge < -0.3 is 14.2 Å². The Hall–Kier alpha value is -2.20. The maximum atomic E-state index is 5.72. The first kappa shape index (κ1) is 39.2. The first-order chi connectivity index (χ1) is 22.7. The Kier molecular flexibility index (Phi) is 18.7. The second kappa shape index (κ2) is 22.4. The smallest absolute Gasteiger partial charge is 0.183 e. The molecule has 0 aromatic heterocycles. The molecule has 3 fully saturated rings. The lowest BCUT2D eigenvalue weighted by atomic mass is 9.88. The normalized spacial score (nSPS) is 29.6. The highest BCUT2D eigenvalue weighted by molar-refractivity contribution is 5.28. The number of aryl methyl sites for hydroxylation is 1. The molecule has 0 N–H and O–H groups in total. The van der Waals surface area contributed by atoms with Crippen LogP contribution >= 0.6 is 0 Å². The molecule has 0 radical (unpaired) electrons. The topological polar surface area (TPSA) is 27.7 Å². The molecule has 6 rings (SSSR count). The SMILES string of the molecule is CC1=CC=C(C)CC=C1.CC1C=CCC(C2CCCC(C)CC2)=CC1.CC1CCCOC1.Cc1ccc(C2OCCC(C)CO2)cc1. The van der Waals surface area contributed by atoms with Gasteiger partial charge >= 0.3 is 0 Å². The predicted octanol–water partition coefficient (Wildman–Crippen LogP) is 12.5. The van der Waals surface area contributed by atoms with Crippen molar-refractivity contribution >= 4 is 0 Å². The van der Waals surface area contributed by atoms with Gasteiger partial charge in [-0.15, -0.1) is 0 Å². The van der Waals surface area contributed by atoms with Gasteiger partial charge in [-0.05, 0) is 102 Å². The summed E-state index contributed by atoms with van der Waals surface area (Å²) in [5, 5.41) is 0. The average molecular weight is 645 g/mol. The van der Waals surface area contributed by atoms with E-state index in [1.165, 1.54) is 74.5 Å². The standard InChI is InChI=1S/C16H26.C13H18O2.C9H12.C6H12O/c1-13-5-3-7-15(11-9-13)16-8-4-6-14(2)10-12-16;1-10-3-5-12(6-4-10)13-14-8-7-11(2)9-15-13;1-8-4-3-5-9(2)7-6-8;1-6-3-2-4-7-5-6/h3,5,11,13-14,16H,4,6-10,12H2,1-2H3;3-6,11,13H,7-9H2,1-2H3;3-4,6-7H,5H2,1-2H3;6H,2-5H2,1H3. The summed E-state index contributed by atoms with van der Waals surface area (Å²) in [4.78, 5) is 0. The van der Waals surface area contributed by atoms with Crippen LogP contribution in [0.5, 0.6) is 0 Å². The number of hydrogen-bond acceptors (Lipinski definition) is 3. The van der Waals surface area contributed by atoms with Crippen molar-refractivity contribution in [3.63, 3.8) is 0 Å². The lowest BCUT2D eigenvalue weighted by molar-refractivity contribution is -0.132. The maximum Gasteiger partial charge on any atom is 0.183 e. The van der Waals surface area contributed by atoms with Gasteiger partial charge in [0.1, 0.15) is 0 Å². The van der Waals surface area contributed by atoms with Crippen LogP contribution < -0.4 is 0 Å². The fourth-order valence-corrected chi connectivity index (χ4v) is 6.53. The molecule has 0 bridgehead atoms. The highest BCUT2D eigenvalue weighted by atomic mass is 16.7. The lowest BCUT2D eigenvalue weighted by Crippen LogP contribution is -2.13. The third kappa shape index (κ3) is 16.6. The molecule has 3 nitrogen and oxygen atoms in total. The van der Waals surface area contributed by atoms with Crippen LogP contribution in [0.15, 0.2) is 83.5 Å². The molecule has 1 saturated carbocycles. The lowest BCUT2D eigenvalue weighted by Gasteiger charge is -2.17. The molecule has 0 spiro atoms. The van der Waals surface area contributed by atoms with Crippen LogP contribution in [0.1, 0.15) is 130 Å². The molecule has 6 unspecified atom stereocenters. The quantitative estimate of drug-likeness (QED) is 0.237. The van der Waals surface area contributed by atoms with Crippen LogP contribution in [-0.4, -0.2) is 26.4 Å². The van der Waals surface area contributed by atoms with Crippen LogP contribution in [0.25, 0.3) is 0 Å². The average Bonchev–Trinajstić information content (AvgIpc) is 3.59. The third-order valence-corrected chi connectivity index (χ3v) is 9.95. The van der Waals surface area contributed by atoms with Gasteiger partial charge in [0.25, 0.3) is 0 Å². The Bertz CT molecular complexity index is 1150. The Balaban J connectivity index is 0.000000179. The Morgan fingerprint density at radius 2 is 1.43 bits per heavy atom. The van der Waals surface area contributed by atoms with Crippen LogP contribution in [0, 0.1) is 36.5 Å². The van der Waals surface area contributed by atoms with E-state index in [0.717, 1.165) is 68.5 Å². The van der Waals surface area contributed by atoms with E-state index in [2.05, 4.69) is 115 Å². The molecule has 1 aromatic rings. The van der Waals surface area contributed by atoms with Crippen molar-refractivity contribution in [1.82, 2.24) is 0 Å². The van der Waals surface area contributed by atoms with Crippen molar-refractivity contribution in [2.75, 3.05) is 26.4 Å². The van der Waals surface area contributed by atoms with Gasteiger partial charge in [0.2, 0.25) is 0 Å². The van der Waals surface area contributed by atoms with Crippen molar-refractivity contribution in [2.45, 2.75) is 125 Å². The number of rotatable bonds is 2. The fourth-order valence-electron chi connectivity index (χ4n) is 6.53. The van der Waals surface area contributed by atoms with Crippen LogP contribution in [0.3, 0.4) is 0 Å². The first-order valence-electron chi connectivity index (χ1n) is 18.9. The zero-order valence-corrected chi connectivity index (χ0v) is 31.1. The molecular weight excluding hydrogens is 576 g/mol. The second-order valence-electron chi connectivity index (χ2n) is 15.1. The molecule has 3 heteroatoms. The van der Waals surface area contributed by atoms with E-state index in [0.29, 0.717) is 5.92 Å². The summed E-state index contributed by atoms with van der Waals surface area (Å²) in [6, 6.07) is 8.35.